The molecule has 1 atom stereocenters. The van der Waals surface area contributed by atoms with Gasteiger partial charge in [-0.05, 0) is 24.1 Å². The minimum absolute atomic E-state index is 0.145. The molecule has 0 fully saturated rings. The van der Waals surface area contributed by atoms with Crippen molar-refractivity contribution in [1.82, 2.24) is 10.1 Å². The molecule has 3 nitrogen and oxygen atoms in total. The van der Waals surface area contributed by atoms with E-state index in [1.54, 1.807) is 0 Å². The predicted molar refractivity (Wildman–Crippen MR) is 73.2 cm³/mol. The van der Waals surface area contributed by atoms with Crippen molar-refractivity contribution >= 4 is 31.9 Å². The maximum absolute atomic E-state index is 5.20. The number of benzene rings is 1. The first kappa shape index (κ1) is 12.8. The second-order valence-corrected chi connectivity index (χ2v) is 5.75. The zero-order valence-electron chi connectivity index (χ0n) is 9.36. The van der Waals surface area contributed by atoms with Gasteiger partial charge in [0, 0.05) is 10.9 Å². The summed E-state index contributed by atoms with van der Waals surface area (Å²) in [5.74, 6) is 1.37. The van der Waals surface area contributed by atoms with E-state index < -0.39 is 0 Å². The zero-order chi connectivity index (χ0) is 12.3. The van der Waals surface area contributed by atoms with Crippen molar-refractivity contribution in [3.05, 3.63) is 46.0 Å². The molecule has 0 aliphatic carbocycles. The lowest BCUT2D eigenvalue weighted by molar-refractivity contribution is 0.372. The molecule has 90 valence electrons. The van der Waals surface area contributed by atoms with Gasteiger partial charge in [-0.1, -0.05) is 56.1 Å². The Morgan fingerprint density at radius 3 is 2.94 bits per heavy atom. The third-order valence-electron chi connectivity index (χ3n) is 2.36. The van der Waals surface area contributed by atoms with Crippen LogP contribution >= 0.6 is 31.9 Å². The smallest absolute Gasteiger partial charge is 0.240 e. The Morgan fingerprint density at radius 2 is 2.24 bits per heavy atom. The van der Waals surface area contributed by atoms with Gasteiger partial charge < -0.3 is 4.52 Å². The van der Waals surface area contributed by atoms with Crippen LogP contribution in [-0.4, -0.2) is 10.1 Å². The lowest BCUT2D eigenvalue weighted by atomic mass is 10.1. The molecule has 0 amide bonds. The molecule has 0 saturated carbocycles. The lowest BCUT2D eigenvalue weighted by Gasteiger charge is -1.98. The van der Waals surface area contributed by atoms with E-state index in [0.29, 0.717) is 12.3 Å². The summed E-state index contributed by atoms with van der Waals surface area (Å²) in [6.45, 7) is 2.07. The zero-order valence-corrected chi connectivity index (χ0v) is 12.5. The third-order valence-corrected chi connectivity index (χ3v) is 3.89. The predicted octanol–water partition coefficient (Wildman–Crippen LogP) is 4.27. The monoisotopic (exact) mass is 358 g/mol. The van der Waals surface area contributed by atoms with E-state index in [9.17, 15) is 0 Å². The fourth-order valence-corrected chi connectivity index (χ4v) is 2.10. The third kappa shape index (κ3) is 3.39. The fraction of sp³-hybridized carbons (Fsp3) is 0.333. The summed E-state index contributed by atoms with van der Waals surface area (Å²) in [6.07, 6.45) is 1.62. The maximum atomic E-state index is 5.20. The summed E-state index contributed by atoms with van der Waals surface area (Å²) in [5.41, 5.74) is 1.16. The Kier molecular flexibility index (Phi) is 4.34. The van der Waals surface area contributed by atoms with Crippen molar-refractivity contribution in [2.75, 3.05) is 0 Å². The second kappa shape index (κ2) is 5.78. The summed E-state index contributed by atoms with van der Waals surface area (Å²) >= 11 is 6.93. The van der Waals surface area contributed by atoms with Gasteiger partial charge in [-0.25, -0.2) is 0 Å². The minimum atomic E-state index is 0.145. The first-order valence-corrected chi connectivity index (χ1v) is 7.11. The molecule has 1 aromatic carbocycles. The number of hydrogen-bond acceptors (Lipinski definition) is 3. The first-order valence-electron chi connectivity index (χ1n) is 5.40. The molecule has 0 aliphatic heterocycles. The van der Waals surface area contributed by atoms with Crippen LogP contribution in [-0.2, 0) is 6.42 Å². The molecule has 0 spiro atoms. The molecule has 0 N–H and O–H groups in total. The highest BCUT2D eigenvalue weighted by Gasteiger charge is 2.13. The minimum Gasteiger partial charge on any atom is -0.338 e. The van der Waals surface area contributed by atoms with Crippen molar-refractivity contribution < 1.29 is 4.52 Å². The Balaban J connectivity index is 2.11. The van der Waals surface area contributed by atoms with E-state index in [2.05, 4.69) is 55.0 Å². The number of halogens is 2. The van der Waals surface area contributed by atoms with Crippen LogP contribution in [0.3, 0.4) is 0 Å². The topological polar surface area (TPSA) is 38.9 Å². The van der Waals surface area contributed by atoms with Crippen LogP contribution in [0.5, 0.6) is 0 Å². The Labute approximate surface area is 117 Å². The lowest BCUT2D eigenvalue weighted by Crippen LogP contribution is -1.92. The van der Waals surface area contributed by atoms with Crippen LogP contribution in [0.4, 0.5) is 0 Å². The molecule has 0 saturated heterocycles. The number of alkyl halides is 1. The highest BCUT2D eigenvalue weighted by molar-refractivity contribution is 9.10. The van der Waals surface area contributed by atoms with Crippen LogP contribution in [0.15, 0.2) is 33.3 Å². The van der Waals surface area contributed by atoms with E-state index in [4.69, 9.17) is 4.52 Å². The van der Waals surface area contributed by atoms with Gasteiger partial charge in [0.15, 0.2) is 5.82 Å². The molecule has 1 heterocycles. The van der Waals surface area contributed by atoms with Gasteiger partial charge in [0.25, 0.3) is 0 Å². The average molecular weight is 360 g/mol. The molecule has 2 aromatic rings. The fourth-order valence-electron chi connectivity index (χ4n) is 1.47. The Hall–Kier alpha value is -0.680. The SMILES string of the molecule is CCC(Br)c1nc(Cc2cccc(Br)c2)no1. The second-order valence-electron chi connectivity index (χ2n) is 3.73. The van der Waals surface area contributed by atoms with Crippen LogP contribution in [0, 0.1) is 0 Å². The van der Waals surface area contributed by atoms with E-state index in [0.717, 1.165) is 22.3 Å². The molecule has 0 radical (unpaired) electrons. The summed E-state index contributed by atoms with van der Waals surface area (Å²) in [6, 6.07) is 8.10. The van der Waals surface area contributed by atoms with Crippen LogP contribution in [0.2, 0.25) is 0 Å². The molecule has 0 bridgehead atoms. The van der Waals surface area contributed by atoms with Gasteiger partial charge in [0.05, 0.1) is 4.83 Å². The molecular weight excluding hydrogens is 348 g/mol. The quantitative estimate of drug-likeness (QED) is 0.765. The summed E-state index contributed by atoms with van der Waals surface area (Å²) < 4.78 is 6.26. The number of rotatable bonds is 4. The Morgan fingerprint density at radius 1 is 1.41 bits per heavy atom. The maximum Gasteiger partial charge on any atom is 0.240 e. The largest absolute Gasteiger partial charge is 0.338 e. The number of aromatic nitrogens is 2. The molecule has 1 aromatic heterocycles. The van der Waals surface area contributed by atoms with Gasteiger partial charge in [-0.15, -0.1) is 0 Å². The van der Waals surface area contributed by atoms with Crippen LogP contribution in [0.1, 0.15) is 35.5 Å². The summed E-state index contributed by atoms with van der Waals surface area (Å²) in [5, 5.41) is 3.98. The van der Waals surface area contributed by atoms with Crippen molar-refractivity contribution in [1.29, 1.82) is 0 Å². The summed E-state index contributed by atoms with van der Waals surface area (Å²) in [7, 11) is 0. The molecule has 5 heteroatoms. The van der Waals surface area contributed by atoms with Crippen molar-refractivity contribution in [2.24, 2.45) is 0 Å². The molecule has 1 unspecified atom stereocenters. The highest BCUT2D eigenvalue weighted by Crippen LogP contribution is 2.24. The van der Waals surface area contributed by atoms with E-state index >= 15 is 0 Å². The van der Waals surface area contributed by atoms with Gasteiger partial charge in [-0.2, -0.15) is 4.98 Å². The van der Waals surface area contributed by atoms with Crippen LogP contribution < -0.4 is 0 Å². The van der Waals surface area contributed by atoms with E-state index in [-0.39, 0.29) is 4.83 Å². The van der Waals surface area contributed by atoms with Crippen molar-refractivity contribution in [3.63, 3.8) is 0 Å². The van der Waals surface area contributed by atoms with Crippen LogP contribution in [0.25, 0.3) is 0 Å². The van der Waals surface area contributed by atoms with Gasteiger partial charge in [-0.3, -0.25) is 0 Å². The number of hydrogen-bond donors (Lipinski definition) is 0. The van der Waals surface area contributed by atoms with Gasteiger partial charge >= 0.3 is 0 Å². The first-order chi connectivity index (χ1) is 8.19. The normalized spacial score (nSPS) is 12.6. The highest BCUT2D eigenvalue weighted by atomic mass is 79.9. The number of nitrogens with zero attached hydrogens (tertiary/aromatic N) is 2. The molecular formula is C12H12Br2N2O. The standard InChI is InChI=1S/C12H12Br2N2O/c1-2-10(14)12-15-11(16-17-12)7-8-4-3-5-9(13)6-8/h3-6,10H,2,7H2,1H3. The molecule has 0 aliphatic rings. The Bertz CT molecular complexity index is 499. The van der Waals surface area contributed by atoms with Crippen molar-refractivity contribution in [3.8, 4) is 0 Å². The molecule has 17 heavy (non-hydrogen) atoms. The van der Waals surface area contributed by atoms with Crippen molar-refractivity contribution in [2.45, 2.75) is 24.6 Å². The van der Waals surface area contributed by atoms with Gasteiger partial charge in [0.2, 0.25) is 5.89 Å². The average Bonchev–Trinajstić information content (AvgIpc) is 2.76. The van der Waals surface area contributed by atoms with E-state index in [1.807, 2.05) is 18.2 Å². The van der Waals surface area contributed by atoms with Gasteiger partial charge in [0.1, 0.15) is 0 Å². The summed E-state index contributed by atoms with van der Waals surface area (Å²) in [4.78, 5) is 4.51. The van der Waals surface area contributed by atoms with E-state index in [1.165, 1.54) is 0 Å². The molecule has 2 rings (SSSR count).